The minimum atomic E-state index is -0.488. The summed E-state index contributed by atoms with van der Waals surface area (Å²) < 4.78 is 3.03. The molecule has 35 heavy (non-hydrogen) atoms. The van der Waals surface area contributed by atoms with Gasteiger partial charge in [0.2, 0.25) is 11.8 Å². The van der Waals surface area contributed by atoms with Crippen molar-refractivity contribution in [2.75, 3.05) is 0 Å². The molecular formula is C25H31ClN4O4S. The van der Waals surface area contributed by atoms with Crippen LogP contribution < -0.4 is 21.9 Å². The molecule has 8 nitrogen and oxygen atoms in total. The molecule has 10 heteroatoms. The van der Waals surface area contributed by atoms with E-state index in [1.807, 2.05) is 32.0 Å². The fourth-order valence-electron chi connectivity index (χ4n) is 3.71. The third-order valence-electron chi connectivity index (χ3n) is 5.88. The summed E-state index contributed by atoms with van der Waals surface area (Å²) >= 11 is 7.37. The van der Waals surface area contributed by atoms with Crippen LogP contribution in [-0.2, 0) is 29.2 Å². The van der Waals surface area contributed by atoms with E-state index in [2.05, 4.69) is 10.6 Å². The molecule has 188 valence electrons. The van der Waals surface area contributed by atoms with Crippen molar-refractivity contribution in [3.63, 3.8) is 0 Å². The summed E-state index contributed by atoms with van der Waals surface area (Å²) in [5.74, 6) is -0.335. The highest BCUT2D eigenvalue weighted by molar-refractivity contribution is 7.17. The van der Waals surface area contributed by atoms with Crippen LogP contribution in [-0.4, -0.2) is 27.0 Å². The molecule has 0 unspecified atom stereocenters. The van der Waals surface area contributed by atoms with Gasteiger partial charge in [-0.05, 0) is 49.3 Å². The highest BCUT2D eigenvalue weighted by Crippen LogP contribution is 2.16. The van der Waals surface area contributed by atoms with Gasteiger partial charge in [0.15, 0.2) is 0 Å². The van der Waals surface area contributed by atoms with Crippen LogP contribution in [0.25, 0.3) is 10.2 Å². The summed E-state index contributed by atoms with van der Waals surface area (Å²) in [6.45, 7) is 4.34. The van der Waals surface area contributed by atoms with Crippen molar-refractivity contribution in [2.45, 2.75) is 71.6 Å². The number of aromatic nitrogens is 2. The Bertz CT molecular complexity index is 1300. The molecule has 1 atom stereocenters. The van der Waals surface area contributed by atoms with Crippen molar-refractivity contribution >= 4 is 45.0 Å². The molecule has 3 rings (SSSR count). The van der Waals surface area contributed by atoms with Crippen LogP contribution in [0.5, 0.6) is 0 Å². The molecular weight excluding hydrogens is 488 g/mol. The first kappa shape index (κ1) is 26.7. The lowest BCUT2D eigenvalue weighted by atomic mass is 10.1. The summed E-state index contributed by atoms with van der Waals surface area (Å²) in [4.78, 5) is 50.5. The lowest BCUT2D eigenvalue weighted by molar-refractivity contribution is -0.122. The Balaban J connectivity index is 1.56. The fourth-order valence-corrected chi connectivity index (χ4v) is 4.75. The van der Waals surface area contributed by atoms with E-state index in [-0.39, 0.29) is 36.5 Å². The second kappa shape index (κ2) is 12.7. The molecule has 0 aliphatic heterocycles. The highest BCUT2D eigenvalue weighted by Gasteiger charge is 2.17. The van der Waals surface area contributed by atoms with Gasteiger partial charge in [-0.25, -0.2) is 4.79 Å². The van der Waals surface area contributed by atoms with Crippen molar-refractivity contribution in [1.29, 1.82) is 0 Å². The Morgan fingerprint density at radius 1 is 1.06 bits per heavy atom. The number of carbonyl (C=O) groups excluding carboxylic acids is 2. The molecule has 0 saturated heterocycles. The minimum absolute atomic E-state index is 0.00366. The molecule has 2 aromatic heterocycles. The average Bonchev–Trinajstić information content (AvgIpc) is 3.33. The number of nitrogens with one attached hydrogen (secondary N) is 2. The second-order valence-electron chi connectivity index (χ2n) is 8.52. The zero-order valence-corrected chi connectivity index (χ0v) is 21.6. The number of carbonyl (C=O) groups is 2. The third kappa shape index (κ3) is 7.05. The summed E-state index contributed by atoms with van der Waals surface area (Å²) in [7, 11) is 0. The van der Waals surface area contributed by atoms with Crippen LogP contribution in [0, 0.1) is 0 Å². The molecule has 2 amide bonds. The van der Waals surface area contributed by atoms with E-state index < -0.39 is 5.69 Å². The van der Waals surface area contributed by atoms with Crippen LogP contribution in [0.3, 0.4) is 0 Å². The van der Waals surface area contributed by atoms with Gasteiger partial charge in [0.25, 0.3) is 5.56 Å². The molecule has 0 radical (unpaired) electrons. The molecule has 1 aromatic carbocycles. The number of nitrogens with zero attached hydrogens (tertiary/aromatic N) is 2. The third-order valence-corrected chi connectivity index (χ3v) is 7.14. The Labute approximate surface area is 212 Å². The molecule has 2 N–H and O–H groups in total. The van der Waals surface area contributed by atoms with Gasteiger partial charge in [-0.3, -0.25) is 23.5 Å². The minimum Gasteiger partial charge on any atom is -0.352 e. The molecule has 2 heterocycles. The van der Waals surface area contributed by atoms with Crippen LogP contribution in [0.1, 0.15) is 51.5 Å². The lowest BCUT2D eigenvalue weighted by Crippen LogP contribution is -2.43. The van der Waals surface area contributed by atoms with Crippen molar-refractivity contribution in [2.24, 2.45) is 0 Å². The van der Waals surface area contributed by atoms with Crippen LogP contribution in [0.4, 0.5) is 0 Å². The maximum absolute atomic E-state index is 13.1. The van der Waals surface area contributed by atoms with Crippen LogP contribution in [0.15, 0.2) is 45.3 Å². The van der Waals surface area contributed by atoms with Crippen molar-refractivity contribution in [3.05, 3.63) is 67.1 Å². The predicted octanol–water partition coefficient (Wildman–Crippen LogP) is 3.67. The van der Waals surface area contributed by atoms with E-state index in [1.54, 1.807) is 17.5 Å². The summed E-state index contributed by atoms with van der Waals surface area (Å²) in [5.41, 5.74) is 0.518. The van der Waals surface area contributed by atoms with E-state index >= 15 is 0 Å². The van der Waals surface area contributed by atoms with E-state index in [1.165, 1.54) is 20.5 Å². The number of thiophene rings is 1. The number of hydrogen-bond donors (Lipinski definition) is 2. The Morgan fingerprint density at radius 3 is 2.57 bits per heavy atom. The van der Waals surface area contributed by atoms with E-state index in [0.717, 1.165) is 12.0 Å². The first-order chi connectivity index (χ1) is 16.8. The number of amides is 2. The molecule has 0 aliphatic carbocycles. The van der Waals surface area contributed by atoms with Gasteiger partial charge in [0.1, 0.15) is 11.2 Å². The van der Waals surface area contributed by atoms with Gasteiger partial charge < -0.3 is 10.6 Å². The zero-order valence-electron chi connectivity index (χ0n) is 20.0. The summed E-state index contributed by atoms with van der Waals surface area (Å²) in [6.07, 6.45) is 3.02. The monoisotopic (exact) mass is 518 g/mol. The quantitative estimate of drug-likeness (QED) is 0.357. The molecule has 0 spiro atoms. The maximum atomic E-state index is 13.1. The maximum Gasteiger partial charge on any atom is 0.332 e. The smallest absolute Gasteiger partial charge is 0.332 e. The highest BCUT2D eigenvalue weighted by atomic mass is 35.5. The first-order valence-electron chi connectivity index (χ1n) is 11.8. The SMILES string of the molecule is CC[C@H](C)NC(=O)Cn1c(=O)n(CCCCCC(=O)NCc2ccccc2Cl)c(=O)c2sccc21. The Morgan fingerprint density at radius 2 is 1.83 bits per heavy atom. The normalized spacial score (nSPS) is 12.0. The second-order valence-corrected chi connectivity index (χ2v) is 9.84. The summed E-state index contributed by atoms with van der Waals surface area (Å²) in [5, 5.41) is 8.09. The number of rotatable bonds is 12. The van der Waals surface area contributed by atoms with Crippen molar-refractivity contribution in [3.8, 4) is 0 Å². The number of fused-ring (bicyclic) bond motifs is 1. The van der Waals surface area contributed by atoms with E-state index in [4.69, 9.17) is 11.6 Å². The van der Waals surface area contributed by atoms with Crippen LogP contribution >= 0.6 is 22.9 Å². The average molecular weight is 519 g/mol. The zero-order chi connectivity index (χ0) is 25.4. The molecule has 0 aliphatic rings. The van der Waals surface area contributed by atoms with Crippen molar-refractivity contribution < 1.29 is 9.59 Å². The Kier molecular flexibility index (Phi) is 9.68. The van der Waals surface area contributed by atoms with Crippen molar-refractivity contribution in [1.82, 2.24) is 19.8 Å². The predicted molar refractivity (Wildman–Crippen MR) is 140 cm³/mol. The van der Waals surface area contributed by atoms with Gasteiger partial charge >= 0.3 is 5.69 Å². The summed E-state index contributed by atoms with van der Waals surface area (Å²) in [6, 6.07) is 9.06. The van der Waals surface area contributed by atoms with Gasteiger partial charge in [-0.15, -0.1) is 11.3 Å². The van der Waals surface area contributed by atoms with Crippen LogP contribution in [0.2, 0.25) is 5.02 Å². The first-order valence-corrected chi connectivity index (χ1v) is 13.1. The van der Waals surface area contributed by atoms with Gasteiger partial charge in [-0.1, -0.05) is 43.1 Å². The van der Waals surface area contributed by atoms with Gasteiger partial charge in [0, 0.05) is 30.6 Å². The van der Waals surface area contributed by atoms with Gasteiger partial charge in [0.05, 0.1) is 5.52 Å². The number of benzene rings is 1. The molecule has 0 fully saturated rings. The van der Waals surface area contributed by atoms with E-state index in [9.17, 15) is 19.2 Å². The molecule has 0 saturated carbocycles. The molecule has 3 aromatic rings. The largest absolute Gasteiger partial charge is 0.352 e. The topological polar surface area (TPSA) is 102 Å². The number of halogens is 1. The number of unbranched alkanes of at least 4 members (excludes halogenated alkanes) is 2. The standard InChI is InChI=1S/C25H31ClN4O4S/c1-3-17(2)28-22(32)16-30-20-12-14-35-23(20)24(33)29(25(30)34)13-8-4-5-11-21(31)27-15-18-9-6-7-10-19(18)26/h6-7,9-10,12,14,17H,3-5,8,11,13,15-16H2,1-2H3,(H,27,31)(H,28,32)/t17-/m0/s1. The molecule has 0 bridgehead atoms. The Hall–Kier alpha value is -2.91. The lowest BCUT2D eigenvalue weighted by Gasteiger charge is -2.14. The fraction of sp³-hybridized carbons (Fsp3) is 0.440. The van der Waals surface area contributed by atoms with E-state index in [0.29, 0.717) is 47.5 Å². The number of hydrogen-bond acceptors (Lipinski definition) is 5. The van der Waals surface area contributed by atoms with Gasteiger partial charge in [-0.2, -0.15) is 0 Å².